The second-order valence-electron chi connectivity index (χ2n) is 6.51. The number of hydrazine groups is 1. The molecule has 6 nitrogen and oxygen atoms in total. The van der Waals surface area contributed by atoms with Crippen molar-refractivity contribution in [3.8, 4) is 5.69 Å². The SMILES string of the molecule is Cc1nn(-c2ccccc2Cl)c2sc(C(=O)NN3CCN(C)CC3)cc12. The molecule has 1 aliphatic rings. The molecule has 1 saturated heterocycles. The second kappa shape index (κ2) is 7.00. The molecule has 136 valence electrons. The molecule has 0 radical (unpaired) electrons. The number of para-hydroxylation sites is 1. The van der Waals surface area contributed by atoms with Crippen molar-refractivity contribution >= 4 is 39.1 Å². The van der Waals surface area contributed by atoms with E-state index < -0.39 is 0 Å². The first-order valence-electron chi connectivity index (χ1n) is 8.51. The van der Waals surface area contributed by atoms with Crippen LogP contribution < -0.4 is 5.43 Å². The minimum atomic E-state index is -0.0686. The van der Waals surface area contributed by atoms with Gasteiger partial charge in [0.15, 0.2) is 0 Å². The van der Waals surface area contributed by atoms with Crippen molar-refractivity contribution in [2.45, 2.75) is 6.92 Å². The van der Waals surface area contributed by atoms with Gasteiger partial charge in [0.05, 0.1) is 21.3 Å². The predicted octanol–water partition coefficient (Wildman–Crippen LogP) is 2.94. The Labute approximate surface area is 160 Å². The Bertz CT molecular complexity index is 958. The fraction of sp³-hybridized carbons (Fsp3) is 0.333. The third-order valence-corrected chi connectivity index (χ3v) is 6.04. The van der Waals surface area contributed by atoms with E-state index in [0.29, 0.717) is 9.90 Å². The van der Waals surface area contributed by atoms with Gasteiger partial charge in [0.1, 0.15) is 4.83 Å². The summed E-state index contributed by atoms with van der Waals surface area (Å²) in [6.07, 6.45) is 0. The molecule has 0 unspecified atom stereocenters. The van der Waals surface area contributed by atoms with E-state index in [1.54, 1.807) is 0 Å². The van der Waals surface area contributed by atoms with Crippen LogP contribution >= 0.6 is 22.9 Å². The Morgan fingerprint density at radius 3 is 2.69 bits per heavy atom. The topological polar surface area (TPSA) is 53.4 Å². The van der Waals surface area contributed by atoms with Crippen LogP contribution in [-0.4, -0.2) is 58.8 Å². The molecule has 0 aliphatic carbocycles. The van der Waals surface area contributed by atoms with Crippen molar-refractivity contribution in [2.75, 3.05) is 33.2 Å². The van der Waals surface area contributed by atoms with E-state index in [9.17, 15) is 4.79 Å². The Hall–Kier alpha value is -1.93. The minimum Gasteiger partial charge on any atom is -0.304 e. The molecule has 1 N–H and O–H groups in total. The lowest BCUT2D eigenvalue weighted by atomic mass is 10.3. The van der Waals surface area contributed by atoms with Crippen LogP contribution in [0.25, 0.3) is 15.9 Å². The van der Waals surface area contributed by atoms with E-state index in [-0.39, 0.29) is 5.91 Å². The fourth-order valence-electron chi connectivity index (χ4n) is 3.06. The van der Waals surface area contributed by atoms with Gasteiger partial charge in [0.25, 0.3) is 5.91 Å². The van der Waals surface area contributed by atoms with Gasteiger partial charge in [-0.3, -0.25) is 10.2 Å². The van der Waals surface area contributed by atoms with Crippen molar-refractivity contribution < 1.29 is 4.79 Å². The standard InChI is InChI=1S/C18H20ClN5OS/c1-12-13-11-16(17(25)21-23-9-7-22(2)8-10-23)26-18(13)24(20-12)15-6-4-3-5-14(15)19/h3-6,11H,7-10H2,1-2H3,(H,21,25). The summed E-state index contributed by atoms with van der Waals surface area (Å²) in [5, 5.41) is 8.20. The van der Waals surface area contributed by atoms with Gasteiger partial charge in [-0.05, 0) is 32.2 Å². The number of carbonyl (C=O) groups excluding carboxylic acids is 1. The zero-order valence-electron chi connectivity index (χ0n) is 14.7. The van der Waals surface area contributed by atoms with E-state index in [4.69, 9.17) is 11.6 Å². The molecule has 1 amide bonds. The van der Waals surface area contributed by atoms with E-state index in [2.05, 4.69) is 22.5 Å². The van der Waals surface area contributed by atoms with Crippen LogP contribution in [0.5, 0.6) is 0 Å². The molecule has 8 heteroatoms. The Kier molecular flexibility index (Phi) is 4.71. The lowest BCUT2D eigenvalue weighted by Crippen LogP contribution is -2.52. The lowest BCUT2D eigenvalue weighted by molar-refractivity contribution is 0.0666. The van der Waals surface area contributed by atoms with E-state index in [0.717, 1.165) is 47.8 Å². The average molecular weight is 390 g/mol. The van der Waals surface area contributed by atoms with Crippen molar-refractivity contribution in [2.24, 2.45) is 0 Å². The first kappa shape index (κ1) is 17.5. The zero-order valence-corrected chi connectivity index (χ0v) is 16.3. The molecule has 1 aromatic carbocycles. The molecule has 0 saturated carbocycles. The number of nitrogens with one attached hydrogen (secondary N) is 1. The number of hydrogen-bond acceptors (Lipinski definition) is 5. The van der Waals surface area contributed by atoms with E-state index in [1.165, 1.54) is 11.3 Å². The molecule has 0 bridgehead atoms. The first-order chi connectivity index (χ1) is 12.5. The fourth-order valence-corrected chi connectivity index (χ4v) is 4.34. The number of piperazine rings is 1. The van der Waals surface area contributed by atoms with Gasteiger partial charge < -0.3 is 4.90 Å². The summed E-state index contributed by atoms with van der Waals surface area (Å²) in [4.78, 5) is 16.5. The molecular weight excluding hydrogens is 370 g/mol. The summed E-state index contributed by atoms with van der Waals surface area (Å²) in [6, 6.07) is 9.51. The predicted molar refractivity (Wildman–Crippen MR) is 105 cm³/mol. The molecular formula is C18H20ClN5OS. The monoisotopic (exact) mass is 389 g/mol. The number of amides is 1. The van der Waals surface area contributed by atoms with Gasteiger partial charge in [-0.15, -0.1) is 11.3 Å². The van der Waals surface area contributed by atoms with Crippen molar-refractivity contribution in [1.82, 2.24) is 25.1 Å². The summed E-state index contributed by atoms with van der Waals surface area (Å²) in [5.41, 5.74) is 4.72. The van der Waals surface area contributed by atoms with Crippen LogP contribution in [-0.2, 0) is 0 Å². The third-order valence-electron chi connectivity index (χ3n) is 4.61. The molecule has 3 heterocycles. The van der Waals surface area contributed by atoms with Crippen LogP contribution in [0.15, 0.2) is 30.3 Å². The van der Waals surface area contributed by atoms with Crippen molar-refractivity contribution in [3.63, 3.8) is 0 Å². The summed E-state index contributed by atoms with van der Waals surface area (Å²) in [7, 11) is 2.09. The summed E-state index contributed by atoms with van der Waals surface area (Å²) < 4.78 is 1.82. The first-order valence-corrected chi connectivity index (χ1v) is 9.71. The van der Waals surface area contributed by atoms with E-state index in [1.807, 2.05) is 46.9 Å². The summed E-state index contributed by atoms with van der Waals surface area (Å²) >= 11 is 7.77. The number of halogens is 1. The van der Waals surface area contributed by atoms with Gasteiger partial charge in [-0.25, -0.2) is 9.69 Å². The Morgan fingerprint density at radius 1 is 1.23 bits per heavy atom. The molecule has 0 spiro atoms. The number of hydrogen-bond donors (Lipinski definition) is 1. The van der Waals surface area contributed by atoms with Crippen LogP contribution in [0, 0.1) is 6.92 Å². The lowest BCUT2D eigenvalue weighted by Gasteiger charge is -2.32. The maximum absolute atomic E-state index is 12.7. The number of carbonyl (C=O) groups is 1. The minimum absolute atomic E-state index is 0.0686. The van der Waals surface area contributed by atoms with Crippen molar-refractivity contribution in [3.05, 3.63) is 45.9 Å². The van der Waals surface area contributed by atoms with Crippen LogP contribution in [0.4, 0.5) is 0 Å². The van der Waals surface area contributed by atoms with E-state index >= 15 is 0 Å². The number of rotatable bonds is 3. The third kappa shape index (κ3) is 3.23. The quantitative estimate of drug-likeness (QED) is 0.748. The average Bonchev–Trinajstić information content (AvgIpc) is 3.19. The molecule has 3 aromatic rings. The highest BCUT2D eigenvalue weighted by Crippen LogP contribution is 2.32. The van der Waals surface area contributed by atoms with Crippen LogP contribution in [0.3, 0.4) is 0 Å². The van der Waals surface area contributed by atoms with Gasteiger partial charge in [-0.2, -0.15) is 5.10 Å². The molecule has 1 fully saturated rings. The molecule has 2 aromatic heterocycles. The highest BCUT2D eigenvalue weighted by molar-refractivity contribution is 7.20. The van der Waals surface area contributed by atoms with Gasteiger partial charge in [-0.1, -0.05) is 23.7 Å². The maximum atomic E-state index is 12.7. The summed E-state index contributed by atoms with van der Waals surface area (Å²) in [5.74, 6) is -0.0686. The Morgan fingerprint density at radius 2 is 1.96 bits per heavy atom. The van der Waals surface area contributed by atoms with Crippen LogP contribution in [0.1, 0.15) is 15.4 Å². The number of nitrogens with zero attached hydrogens (tertiary/aromatic N) is 4. The van der Waals surface area contributed by atoms with Crippen LogP contribution in [0.2, 0.25) is 5.02 Å². The Balaban J connectivity index is 1.63. The summed E-state index contributed by atoms with van der Waals surface area (Å²) in [6.45, 7) is 5.52. The molecule has 0 atom stereocenters. The normalized spacial score (nSPS) is 16.3. The smallest absolute Gasteiger partial charge is 0.275 e. The molecule has 4 rings (SSSR count). The van der Waals surface area contributed by atoms with Gasteiger partial charge in [0, 0.05) is 31.6 Å². The largest absolute Gasteiger partial charge is 0.304 e. The van der Waals surface area contributed by atoms with Gasteiger partial charge in [0.2, 0.25) is 0 Å². The van der Waals surface area contributed by atoms with Gasteiger partial charge >= 0.3 is 0 Å². The molecule has 26 heavy (non-hydrogen) atoms. The number of aromatic nitrogens is 2. The highest BCUT2D eigenvalue weighted by atomic mass is 35.5. The number of likely N-dealkylation sites (N-methyl/N-ethyl adjacent to an activating group) is 1. The molecule has 1 aliphatic heterocycles. The maximum Gasteiger partial charge on any atom is 0.275 e. The number of aryl methyl sites for hydroxylation is 1. The van der Waals surface area contributed by atoms with Crippen molar-refractivity contribution in [1.29, 1.82) is 0 Å². The zero-order chi connectivity index (χ0) is 18.3. The number of thiophene rings is 1. The highest BCUT2D eigenvalue weighted by Gasteiger charge is 2.21. The second-order valence-corrected chi connectivity index (χ2v) is 7.95. The number of benzene rings is 1. The number of fused-ring (bicyclic) bond motifs is 1.